The number of fused-ring (bicyclic) bond motifs is 1. The van der Waals surface area contributed by atoms with E-state index in [1.54, 1.807) is 12.3 Å². The molecule has 8 heteroatoms. The summed E-state index contributed by atoms with van der Waals surface area (Å²) >= 11 is 5.76. The van der Waals surface area contributed by atoms with Gasteiger partial charge in [-0.25, -0.2) is 4.98 Å². The number of hydrogen-bond donors (Lipinski definition) is 1. The number of H-pyrrole nitrogens is 1. The van der Waals surface area contributed by atoms with E-state index in [0.717, 1.165) is 7.11 Å². The Balaban J connectivity index is 2.55. The molecule has 2 rings (SSSR count). The molecule has 0 aliphatic carbocycles. The minimum absolute atomic E-state index is 0.218. The van der Waals surface area contributed by atoms with Crippen molar-refractivity contribution >= 4 is 32.6 Å². The van der Waals surface area contributed by atoms with E-state index < -0.39 is 10.1 Å². The van der Waals surface area contributed by atoms with Crippen LogP contribution in [-0.2, 0) is 20.1 Å². The molecule has 6 nitrogen and oxygen atoms in total. The highest BCUT2D eigenvalue weighted by Crippen LogP contribution is 2.20. The molecule has 0 saturated carbocycles. The number of rotatable bonds is 3. The molecule has 0 amide bonds. The first kappa shape index (κ1) is 11.3. The second-order valence-corrected chi connectivity index (χ2v) is 5.22. The average Bonchev–Trinajstić information content (AvgIpc) is 2.65. The lowest BCUT2D eigenvalue weighted by atomic mass is 10.3. The van der Waals surface area contributed by atoms with Crippen molar-refractivity contribution in [3.63, 3.8) is 0 Å². The van der Waals surface area contributed by atoms with Gasteiger partial charge in [-0.05, 0) is 6.07 Å². The van der Waals surface area contributed by atoms with Gasteiger partial charge in [0.05, 0.1) is 24.5 Å². The summed E-state index contributed by atoms with van der Waals surface area (Å²) in [6.45, 7) is 0. The van der Waals surface area contributed by atoms with Crippen LogP contribution in [0.2, 0.25) is 5.15 Å². The van der Waals surface area contributed by atoms with Crippen molar-refractivity contribution in [1.29, 1.82) is 0 Å². The van der Waals surface area contributed by atoms with Gasteiger partial charge in [0.2, 0.25) is 0 Å². The first-order valence-electron chi connectivity index (χ1n) is 4.28. The maximum absolute atomic E-state index is 11.3. The summed E-state index contributed by atoms with van der Waals surface area (Å²) in [6.07, 6.45) is 1.55. The van der Waals surface area contributed by atoms with Crippen molar-refractivity contribution in [3.8, 4) is 0 Å². The van der Waals surface area contributed by atoms with E-state index in [2.05, 4.69) is 19.4 Å². The lowest BCUT2D eigenvalue weighted by Crippen LogP contribution is -2.07. The number of aromatic amines is 1. The Hall–Kier alpha value is -1.18. The zero-order valence-electron chi connectivity index (χ0n) is 8.27. The second-order valence-electron chi connectivity index (χ2n) is 3.09. The van der Waals surface area contributed by atoms with Crippen LogP contribution < -0.4 is 0 Å². The maximum Gasteiger partial charge on any atom is 0.272 e. The van der Waals surface area contributed by atoms with Crippen LogP contribution in [0.3, 0.4) is 0 Å². The number of aromatic nitrogens is 3. The molecule has 2 aromatic rings. The SMILES string of the molecule is COS(=O)(=O)Cc1nc(Cl)cc2cn[nH]c12. The van der Waals surface area contributed by atoms with E-state index in [0.29, 0.717) is 16.6 Å². The van der Waals surface area contributed by atoms with E-state index in [4.69, 9.17) is 11.6 Å². The molecule has 16 heavy (non-hydrogen) atoms. The molecule has 0 fully saturated rings. The van der Waals surface area contributed by atoms with Crippen LogP contribution in [0, 0.1) is 0 Å². The summed E-state index contributed by atoms with van der Waals surface area (Å²) in [5.74, 6) is -0.344. The molecule has 0 aromatic carbocycles. The molecule has 0 atom stereocenters. The minimum Gasteiger partial charge on any atom is -0.276 e. The number of pyridine rings is 1. The zero-order valence-corrected chi connectivity index (χ0v) is 9.84. The van der Waals surface area contributed by atoms with E-state index >= 15 is 0 Å². The number of halogens is 1. The summed E-state index contributed by atoms with van der Waals surface area (Å²) in [5.41, 5.74) is 0.840. The molecule has 0 unspecified atom stereocenters. The first-order chi connectivity index (χ1) is 7.52. The predicted molar refractivity (Wildman–Crippen MR) is 58.5 cm³/mol. The van der Waals surface area contributed by atoms with Gasteiger partial charge in [0.15, 0.2) is 0 Å². The van der Waals surface area contributed by atoms with Crippen LogP contribution in [0.1, 0.15) is 5.69 Å². The van der Waals surface area contributed by atoms with Gasteiger partial charge in [-0.2, -0.15) is 13.5 Å². The highest BCUT2D eigenvalue weighted by atomic mass is 35.5. The molecule has 0 aliphatic heterocycles. The molecule has 0 bridgehead atoms. The fraction of sp³-hybridized carbons (Fsp3) is 0.250. The monoisotopic (exact) mass is 261 g/mol. The molecule has 0 saturated heterocycles. The zero-order chi connectivity index (χ0) is 11.8. The second kappa shape index (κ2) is 4.00. The maximum atomic E-state index is 11.3. The van der Waals surface area contributed by atoms with Gasteiger partial charge in [-0.3, -0.25) is 9.28 Å². The minimum atomic E-state index is -3.63. The van der Waals surface area contributed by atoms with Gasteiger partial charge in [0.1, 0.15) is 10.9 Å². The van der Waals surface area contributed by atoms with Crippen molar-refractivity contribution in [2.24, 2.45) is 0 Å². The molecule has 0 radical (unpaired) electrons. The van der Waals surface area contributed by atoms with Crippen LogP contribution in [0.5, 0.6) is 0 Å². The molecule has 1 N–H and O–H groups in total. The third kappa shape index (κ3) is 2.16. The third-order valence-electron chi connectivity index (χ3n) is 2.04. The van der Waals surface area contributed by atoms with Crippen molar-refractivity contribution in [2.75, 3.05) is 7.11 Å². The predicted octanol–water partition coefficient (Wildman–Crippen LogP) is 1.09. The lowest BCUT2D eigenvalue weighted by molar-refractivity contribution is 0.396. The van der Waals surface area contributed by atoms with Gasteiger partial charge < -0.3 is 0 Å². The fourth-order valence-corrected chi connectivity index (χ4v) is 2.19. The van der Waals surface area contributed by atoms with Gasteiger partial charge in [0, 0.05) is 5.39 Å². The molecule has 0 aliphatic rings. The summed E-state index contributed by atoms with van der Waals surface area (Å²) in [6, 6.07) is 1.60. The van der Waals surface area contributed by atoms with Gasteiger partial charge >= 0.3 is 0 Å². The van der Waals surface area contributed by atoms with Gasteiger partial charge in [0.25, 0.3) is 10.1 Å². The lowest BCUT2D eigenvalue weighted by Gasteiger charge is -2.02. The number of nitrogens with one attached hydrogen (secondary N) is 1. The molecule has 0 spiro atoms. The van der Waals surface area contributed by atoms with E-state index in [9.17, 15) is 8.42 Å². The van der Waals surface area contributed by atoms with Crippen molar-refractivity contribution in [1.82, 2.24) is 15.2 Å². The smallest absolute Gasteiger partial charge is 0.272 e. The van der Waals surface area contributed by atoms with Crippen molar-refractivity contribution in [3.05, 3.63) is 23.1 Å². The summed E-state index contributed by atoms with van der Waals surface area (Å²) < 4.78 is 27.0. The van der Waals surface area contributed by atoms with Crippen LogP contribution in [-0.4, -0.2) is 30.7 Å². The number of hydrogen-bond acceptors (Lipinski definition) is 5. The van der Waals surface area contributed by atoms with Crippen LogP contribution in [0.25, 0.3) is 10.9 Å². The standard InChI is InChI=1S/C8H8ClN3O3S/c1-15-16(13,14)4-6-8-5(3-10-12-8)2-7(9)11-6/h2-3H,4H2,1H3,(H,10,12). The Morgan fingerprint density at radius 2 is 2.31 bits per heavy atom. The van der Waals surface area contributed by atoms with Gasteiger partial charge in [-0.1, -0.05) is 11.6 Å². The summed E-state index contributed by atoms with van der Waals surface area (Å²) in [7, 11) is -2.53. The highest BCUT2D eigenvalue weighted by molar-refractivity contribution is 7.85. The van der Waals surface area contributed by atoms with Gasteiger partial charge in [-0.15, -0.1) is 0 Å². The Morgan fingerprint density at radius 1 is 1.56 bits per heavy atom. The van der Waals surface area contributed by atoms with E-state index in [-0.39, 0.29) is 10.9 Å². The largest absolute Gasteiger partial charge is 0.276 e. The van der Waals surface area contributed by atoms with Crippen LogP contribution >= 0.6 is 11.6 Å². The van der Waals surface area contributed by atoms with Crippen LogP contribution in [0.15, 0.2) is 12.3 Å². The Bertz CT molecular complexity index is 622. The van der Waals surface area contributed by atoms with E-state index in [1.807, 2.05) is 0 Å². The first-order valence-corrected chi connectivity index (χ1v) is 6.24. The Kier molecular flexibility index (Phi) is 2.83. The summed E-state index contributed by atoms with van der Waals surface area (Å²) in [5, 5.41) is 7.40. The van der Waals surface area contributed by atoms with Crippen molar-refractivity contribution < 1.29 is 12.6 Å². The topological polar surface area (TPSA) is 84.9 Å². The third-order valence-corrected chi connectivity index (χ3v) is 3.37. The number of nitrogens with zero attached hydrogens (tertiary/aromatic N) is 2. The average molecular weight is 262 g/mol. The van der Waals surface area contributed by atoms with E-state index in [1.165, 1.54) is 0 Å². The Morgan fingerprint density at radius 3 is 3.00 bits per heavy atom. The Labute approximate surface area is 96.7 Å². The highest BCUT2D eigenvalue weighted by Gasteiger charge is 2.16. The normalized spacial score (nSPS) is 12.1. The molecule has 86 valence electrons. The van der Waals surface area contributed by atoms with Crippen molar-refractivity contribution in [2.45, 2.75) is 5.75 Å². The molecular weight excluding hydrogens is 254 g/mol. The van der Waals surface area contributed by atoms with Crippen LogP contribution in [0.4, 0.5) is 0 Å². The quantitative estimate of drug-likeness (QED) is 0.660. The molecular formula is C8H8ClN3O3S. The molecule has 2 heterocycles. The molecule has 2 aromatic heterocycles. The summed E-state index contributed by atoms with van der Waals surface area (Å²) in [4.78, 5) is 3.94. The fourth-order valence-electron chi connectivity index (χ4n) is 1.31.